The molecule has 0 aromatic heterocycles. The van der Waals surface area contributed by atoms with Gasteiger partial charge in [-0.25, -0.2) is 8.78 Å². The predicted octanol–water partition coefficient (Wildman–Crippen LogP) is 5.27. The van der Waals surface area contributed by atoms with Crippen molar-refractivity contribution in [2.45, 2.75) is 82.4 Å². The van der Waals surface area contributed by atoms with Crippen LogP contribution in [0.15, 0.2) is 66.3 Å². The number of carbonyl (C=O) groups is 2. The highest BCUT2D eigenvalue weighted by Crippen LogP contribution is 2.72. The first-order valence-corrected chi connectivity index (χ1v) is 16.1. The van der Waals surface area contributed by atoms with Crippen LogP contribution in [0.5, 0.6) is 0 Å². The summed E-state index contributed by atoms with van der Waals surface area (Å²) in [6.07, 6.45) is -0.612. The smallest absolute Gasteiger partial charge is 0.193 e. The number of aliphatic hydroxyl groups excluding tert-OH is 2. The summed E-state index contributed by atoms with van der Waals surface area (Å²) < 4.78 is 46.4. The number of ether oxygens (including phenoxy) is 2. The molecule has 2 aromatic carbocycles. The highest BCUT2D eigenvalue weighted by Gasteiger charge is 2.80. The average molecular weight is 634 g/mol. The van der Waals surface area contributed by atoms with E-state index in [1.807, 2.05) is 31.3 Å². The monoisotopic (exact) mass is 633 g/mol. The highest BCUT2D eigenvalue weighted by molar-refractivity contribution is 6.01. The largest absolute Gasteiger partial charge is 0.390 e. The molecule has 0 spiro atoms. The minimum Gasteiger partial charge on any atom is -0.390 e. The molecule has 10 atom stereocenters. The molecule has 0 unspecified atom stereocenters. The second kappa shape index (κ2) is 10.6. The number of nitrogens with one attached hydrogen (secondary N) is 1. The number of halogens is 2. The third-order valence-electron chi connectivity index (χ3n) is 12.1. The Hall–Kier alpha value is -3.24. The first-order valence-electron chi connectivity index (χ1n) is 16.1. The van der Waals surface area contributed by atoms with Gasteiger partial charge in [-0.2, -0.15) is 0 Å². The molecule has 1 aliphatic heterocycles. The zero-order valence-corrected chi connectivity index (χ0v) is 26.6. The SMILES string of the molecule is CNc1ccc(Cc2ccc([C@@H]3O[C@@H]4C[C@H]5[C@@H]6C[C@H](F)C7=CC(=O)C=C[C@]7(C)[C@@]6(F)[C@@H](O)C[C@]5(C)[C@]4(C(=O)CO)O3)cc2)cc1C. The maximum atomic E-state index is 17.6. The molecule has 7 nitrogen and oxygen atoms in total. The molecular formula is C37H41F2NO6. The van der Waals surface area contributed by atoms with Gasteiger partial charge in [-0.15, -0.1) is 0 Å². The number of carbonyl (C=O) groups excluding carboxylic acids is 2. The molecule has 3 saturated carbocycles. The molecule has 4 fully saturated rings. The minimum absolute atomic E-state index is 0.0434. The molecule has 1 saturated heterocycles. The van der Waals surface area contributed by atoms with Crippen LogP contribution in [0.3, 0.4) is 0 Å². The van der Waals surface area contributed by atoms with Crippen LogP contribution in [-0.2, 0) is 25.5 Å². The van der Waals surface area contributed by atoms with Gasteiger partial charge in [0, 0.05) is 35.0 Å². The summed E-state index contributed by atoms with van der Waals surface area (Å²) in [5.74, 6) is -2.58. The second-order valence-electron chi connectivity index (χ2n) is 14.3. The molecule has 0 radical (unpaired) electrons. The van der Waals surface area contributed by atoms with Gasteiger partial charge in [0.15, 0.2) is 29.1 Å². The zero-order valence-electron chi connectivity index (χ0n) is 26.6. The standard InChI is InChI=1S/C37H41F2NO6/c1-20-13-22(7-10-29(20)40-4)14-21-5-8-23(9-6-21)33-45-32-17-25-26-16-28(38)27-15-24(42)11-12-34(27,2)36(26,39)30(43)18-35(25,3)37(32,46-33)31(44)19-41/h5-13,15,25-26,28,30,32-33,40-41,43H,14,16-19H2,1-4H3/t25-,26-,28-,30-,32+,33+,34-,35-,36-,37+/m0/s1. The van der Waals surface area contributed by atoms with Crippen molar-refractivity contribution in [2.75, 3.05) is 19.0 Å². The third kappa shape index (κ3) is 4.07. The average Bonchev–Trinajstić information content (AvgIpc) is 3.53. The molecule has 0 bridgehead atoms. The van der Waals surface area contributed by atoms with E-state index in [2.05, 4.69) is 30.4 Å². The Morgan fingerprint density at radius 1 is 1.09 bits per heavy atom. The fourth-order valence-electron chi connectivity index (χ4n) is 9.86. The highest BCUT2D eigenvalue weighted by atomic mass is 19.1. The Kier molecular flexibility index (Phi) is 7.25. The van der Waals surface area contributed by atoms with Crippen LogP contribution in [0, 0.1) is 29.6 Å². The molecule has 244 valence electrons. The van der Waals surface area contributed by atoms with Crippen LogP contribution in [0.2, 0.25) is 0 Å². The maximum absolute atomic E-state index is 17.6. The Balaban J connectivity index is 1.19. The van der Waals surface area contributed by atoms with E-state index in [0.717, 1.165) is 29.3 Å². The molecule has 2 aromatic rings. The van der Waals surface area contributed by atoms with E-state index in [9.17, 15) is 19.8 Å². The van der Waals surface area contributed by atoms with Gasteiger partial charge < -0.3 is 25.0 Å². The van der Waals surface area contributed by atoms with Crippen molar-refractivity contribution < 1.29 is 38.1 Å². The Bertz CT molecular complexity index is 1660. The van der Waals surface area contributed by atoms with Gasteiger partial charge in [-0.1, -0.05) is 49.4 Å². The third-order valence-corrected chi connectivity index (χ3v) is 12.1. The number of hydrogen-bond donors (Lipinski definition) is 3. The number of rotatable bonds is 6. The number of fused-ring (bicyclic) bond motifs is 7. The minimum atomic E-state index is -2.29. The van der Waals surface area contributed by atoms with Crippen LogP contribution in [0.1, 0.15) is 61.7 Å². The van der Waals surface area contributed by atoms with Crippen molar-refractivity contribution in [1.29, 1.82) is 0 Å². The summed E-state index contributed by atoms with van der Waals surface area (Å²) in [5, 5.41) is 25.1. The van der Waals surface area contributed by atoms with E-state index in [0.29, 0.717) is 5.56 Å². The number of ketones is 2. The van der Waals surface area contributed by atoms with Crippen molar-refractivity contribution in [3.8, 4) is 0 Å². The molecule has 1 heterocycles. The van der Waals surface area contributed by atoms with Gasteiger partial charge in [0.1, 0.15) is 12.8 Å². The number of benzene rings is 2. The van der Waals surface area contributed by atoms with Gasteiger partial charge in [-0.05, 0) is 85.9 Å². The number of alkyl halides is 2. The lowest BCUT2D eigenvalue weighted by atomic mass is 9.44. The van der Waals surface area contributed by atoms with Crippen LogP contribution in [-0.4, -0.2) is 65.1 Å². The summed E-state index contributed by atoms with van der Waals surface area (Å²) in [4.78, 5) is 25.9. The van der Waals surface area contributed by atoms with E-state index in [1.165, 1.54) is 17.7 Å². The molecular weight excluding hydrogens is 592 g/mol. The Morgan fingerprint density at radius 2 is 1.80 bits per heavy atom. The Labute approximate surface area is 267 Å². The summed E-state index contributed by atoms with van der Waals surface area (Å²) in [6.45, 7) is 4.57. The fraction of sp³-hybridized carbons (Fsp3) is 0.514. The molecule has 0 amide bonds. The maximum Gasteiger partial charge on any atom is 0.193 e. The number of aryl methyl sites for hydroxylation is 1. The van der Waals surface area contributed by atoms with Gasteiger partial charge in [0.25, 0.3) is 0 Å². The summed E-state index contributed by atoms with van der Waals surface area (Å²) in [6, 6.07) is 14.1. The molecule has 9 heteroatoms. The van der Waals surface area contributed by atoms with Crippen molar-refractivity contribution in [2.24, 2.45) is 22.7 Å². The molecule has 4 aliphatic carbocycles. The molecule has 7 rings (SSSR count). The van der Waals surface area contributed by atoms with E-state index < -0.39 is 76.8 Å². The van der Waals surface area contributed by atoms with Crippen molar-refractivity contribution in [3.63, 3.8) is 0 Å². The van der Waals surface area contributed by atoms with Crippen LogP contribution in [0.4, 0.5) is 14.5 Å². The van der Waals surface area contributed by atoms with Crippen LogP contribution in [0.25, 0.3) is 0 Å². The Morgan fingerprint density at radius 3 is 2.48 bits per heavy atom. The second-order valence-corrected chi connectivity index (χ2v) is 14.3. The van der Waals surface area contributed by atoms with Crippen LogP contribution < -0.4 is 5.32 Å². The molecule has 5 aliphatic rings. The lowest BCUT2D eigenvalue weighted by molar-refractivity contribution is -0.235. The number of hydrogen-bond acceptors (Lipinski definition) is 7. The summed E-state index contributed by atoms with van der Waals surface area (Å²) >= 11 is 0. The summed E-state index contributed by atoms with van der Waals surface area (Å²) in [5.41, 5.74) is -1.41. The number of aliphatic hydroxyl groups is 2. The van der Waals surface area contributed by atoms with Gasteiger partial charge in [0.2, 0.25) is 0 Å². The van der Waals surface area contributed by atoms with E-state index in [-0.39, 0.29) is 24.8 Å². The summed E-state index contributed by atoms with van der Waals surface area (Å²) in [7, 11) is 1.90. The van der Waals surface area contributed by atoms with E-state index in [4.69, 9.17) is 9.47 Å². The first-order chi connectivity index (χ1) is 21.8. The lowest BCUT2D eigenvalue weighted by Gasteiger charge is -2.63. The lowest BCUT2D eigenvalue weighted by Crippen LogP contribution is -2.70. The number of anilines is 1. The van der Waals surface area contributed by atoms with E-state index in [1.54, 1.807) is 13.8 Å². The quantitative estimate of drug-likeness (QED) is 0.398. The van der Waals surface area contributed by atoms with Crippen molar-refractivity contribution in [1.82, 2.24) is 0 Å². The van der Waals surface area contributed by atoms with Crippen molar-refractivity contribution >= 4 is 17.3 Å². The van der Waals surface area contributed by atoms with Crippen molar-refractivity contribution in [3.05, 3.63) is 88.5 Å². The number of allylic oxidation sites excluding steroid dienone is 4. The predicted molar refractivity (Wildman–Crippen MR) is 168 cm³/mol. The topological polar surface area (TPSA) is 105 Å². The molecule has 46 heavy (non-hydrogen) atoms. The first kappa shape index (κ1) is 31.4. The zero-order chi connectivity index (χ0) is 32.8. The normalized spacial score (nSPS) is 40.9. The number of Topliss-reactive ketones (excluding diaryl/α,β-unsaturated/α-hetero) is 1. The van der Waals surface area contributed by atoms with Gasteiger partial charge in [-0.3, -0.25) is 9.59 Å². The van der Waals surface area contributed by atoms with E-state index >= 15 is 8.78 Å². The fourth-order valence-corrected chi connectivity index (χ4v) is 9.86. The van der Waals surface area contributed by atoms with Gasteiger partial charge >= 0.3 is 0 Å². The molecule has 3 N–H and O–H groups in total. The van der Waals surface area contributed by atoms with Gasteiger partial charge in [0.05, 0.1) is 12.2 Å². The van der Waals surface area contributed by atoms with Crippen LogP contribution >= 0.6 is 0 Å².